The van der Waals surface area contributed by atoms with Gasteiger partial charge in [-0.25, -0.2) is 4.39 Å². The van der Waals surface area contributed by atoms with Crippen molar-refractivity contribution >= 4 is 33.2 Å². The van der Waals surface area contributed by atoms with Crippen molar-refractivity contribution < 1.29 is 18.5 Å². The lowest BCUT2D eigenvalue weighted by atomic mass is 10.2. The van der Waals surface area contributed by atoms with E-state index >= 15 is 0 Å². The van der Waals surface area contributed by atoms with Gasteiger partial charge in [0.05, 0.1) is 9.40 Å². The molecule has 0 saturated heterocycles. The Labute approximate surface area is 125 Å². The molecule has 5 nitrogen and oxygen atoms in total. The molecule has 0 heterocycles. The molecule has 0 radical (unpaired) electrons. The number of hydrogen-bond acceptors (Lipinski definition) is 3. The molecule has 0 fully saturated rings. The lowest BCUT2D eigenvalue weighted by Gasteiger charge is -2.06. The summed E-state index contributed by atoms with van der Waals surface area (Å²) >= 11 is 2.96. The highest BCUT2D eigenvalue weighted by Gasteiger charge is 2.15. The molecule has 0 aliphatic carbocycles. The quantitative estimate of drug-likeness (QED) is 0.669. The topological polar surface area (TPSA) is 72.2 Å². The van der Waals surface area contributed by atoms with Gasteiger partial charge in [0, 0.05) is 23.4 Å². The van der Waals surface area contributed by atoms with Crippen LogP contribution in [0.15, 0.2) is 40.9 Å². The molecule has 0 saturated carbocycles. The zero-order valence-electron chi connectivity index (χ0n) is 10.3. The van der Waals surface area contributed by atoms with Crippen LogP contribution in [-0.4, -0.2) is 10.8 Å². The SMILES string of the molecule is O=C(Nc1ccc([N+](=O)[O-])c(F)c1)c1ccc(Br)c(F)c1. The summed E-state index contributed by atoms with van der Waals surface area (Å²) in [4.78, 5) is 21.5. The van der Waals surface area contributed by atoms with E-state index in [1.165, 1.54) is 18.2 Å². The van der Waals surface area contributed by atoms with Crippen molar-refractivity contribution in [1.82, 2.24) is 0 Å². The van der Waals surface area contributed by atoms with Gasteiger partial charge in [0.1, 0.15) is 5.82 Å². The van der Waals surface area contributed by atoms with Gasteiger partial charge in [0.2, 0.25) is 5.82 Å². The highest BCUT2D eigenvalue weighted by Crippen LogP contribution is 2.22. The number of nitro groups is 1. The van der Waals surface area contributed by atoms with Crippen LogP contribution >= 0.6 is 15.9 Å². The third kappa shape index (κ3) is 3.40. The minimum Gasteiger partial charge on any atom is -0.322 e. The third-order valence-corrected chi connectivity index (χ3v) is 3.23. The molecule has 21 heavy (non-hydrogen) atoms. The van der Waals surface area contributed by atoms with Gasteiger partial charge in [-0.2, -0.15) is 4.39 Å². The molecule has 2 rings (SSSR count). The van der Waals surface area contributed by atoms with Crippen LogP contribution in [0.1, 0.15) is 10.4 Å². The van der Waals surface area contributed by atoms with Crippen LogP contribution in [0, 0.1) is 21.7 Å². The number of hydrogen-bond donors (Lipinski definition) is 1. The van der Waals surface area contributed by atoms with Crippen LogP contribution < -0.4 is 5.32 Å². The minimum atomic E-state index is -1.07. The van der Waals surface area contributed by atoms with Gasteiger partial charge in [-0.1, -0.05) is 0 Å². The van der Waals surface area contributed by atoms with Crippen molar-refractivity contribution in [3.8, 4) is 0 Å². The Bertz CT molecular complexity index is 737. The number of nitro benzene ring substituents is 1. The fourth-order valence-electron chi connectivity index (χ4n) is 1.57. The van der Waals surface area contributed by atoms with Crippen molar-refractivity contribution in [2.45, 2.75) is 0 Å². The summed E-state index contributed by atoms with van der Waals surface area (Å²) in [5.74, 6) is -2.34. The number of carbonyl (C=O) groups is 1. The standard InChI is InChI=1S/C13H7BrF2N2O3/c14-9-3-1-7(5-10(9)15)13(19)17-8-2-4-12(18(20)21)11(16)6-8/h1-6H,(H,17,19). The van der Waals surface area contributed by atoms with Crippen LogP contribution in [0.5, 0.6) is 0 Å². The van der Waals surface area contributed by atoms with E-state index in [2.05, 4.69) is 21.2 Å². The average Bonchev–Trinajstić information content (AvgIpc) is 2.41. The van der Waals surface area contributed by atoms with Gasteiger partial charge in [-0.15, -0.1) is 0 Å². The monoisotopic (exact) mass is 356 g/mol. The smallest absolute Gasteiger partial charge is 0.304 e. The molecule has 0 aromatic heterocycles. The number of rotatable bonds is 3. The van der Waals surface area contributed by atoms with Gasteiger partial charge >= 0.3 is 5.69 Å². The number of benzene rings is 2. The van der Waals surface area contributed by atoms with Crippen LogP contribution in [0.25, 0.3) is 0 Å². The normalized spacial score (nSPS) is 10.2. The molecule has 0 unspecified atom stereocenters. The van der Waals surface area contributed by atoms with Crippen molar-refractivity contribution in [1.29, 1.82) is 0 Å². The second-order valence-electron chi connectivity index (χ2n) is 4.01. The molecule has 8 heteroatoms. The van der Waals surface area contributed by atoms with Crippen molar-refractivity contribution in [3.63, 3.8) is 0 Å². The molecule has 2 aromatic rings. The number of halogens is 3. The first kappa shape index (κ1) is 15.0. The lowest BCUT2D eigenvalue weighted by molar-refractivity contribution is -0.387. The van der Waals surface area contributed by atoms with Crippen LogP contribution in [-0.2, 0) is 0 Å². The Hall–Kier alpha value is -2.35. The summed E-state index contributed by atoms with van der Waals surface area (Å²) in [5.41, 5.74) is -0.622. The Balaban J connectivity index is 2.21. The van der Waals surface area contributed by atoms with Crippen molar-refractivity contribution in [3.05, 3.63) is 68.2 Å². The molecule has 1 amide bonds. The largest absolute Gasteiger partial charge is 0.322 e. The summed E-state index contributed by atoms with van der Waals surface area (Å²) in [7, 11) is 0. The second kappa shape index (κ2) is 5.96. The van der Waals surface area contributed by atoms with E-state index in [4.69, 9.17) is 0 Å². The fourth-order valence-corrected chi connectivity index (χ4v) is 1.82. The van der Waals surface area contributed by atoms with Crippen molar-refractivity contribution in [2.24, 2.45) is 0 Å². The molecular weight excluding hydrogens is 350 g/mol. The summed E-state index contributed by atoms with van der Waals surface area (Å²) in [6, 6.07) is 6.71. The van der Waals surface area contributed by atoms with Crippen LogP contribution in [0.4, 0.5) is 20.2 Å². The maximum absolute atomic E-state index is 13.4. The molecule has 1 N–H and O–H groups in total. The summed E-state index contributed by atoms with van der Waals surface area (Å²) < 4.78 is 26.9. The van der Waals surface area contributed by atoms with E-state index in [9.17, 15) is 23.7 Å². The number of nitrogens with one attached hydrogen (secondary N) is 1. The minimum absolute atomic E-state index is 0.0337. The van der Waals surface area contributed by atoms with Gasteiger partial charge in [-0.3, -0.25) is 14.9 Å². The zero-order chi connectivity index (χ0) is 15.6. The second-order valence-corrected chi connectivity index (χ2v) is 4.86. The first-order valence-electron chi connectivity index (χ1n) is 5.59. The molecule has 0 bridgehead atoms. The molecule has 0 spiro atoms. The van der Waals surface area contributed by atoms with Crippen LogP contribution in [0.2, 0.25) is 0 Å². The molecule has 0 aliphatic heterocycles. The number of anilines is 1. The van der Waals surface area contributed by atoms with E-state index < -0.39 is 28.2 Å². The fraction of sp³-hybridized carbons (Fsp3) is 0. The molecule has 0 atom stereocenters. The Kier molecular flexibility index (Phi) is 4.27. The van der Waals surface area contributed by atoms with Gasteiger partial charge in [0.15, 0.2) is 0 Å². The first-order chi connectivity index (χ1) is 9.88. The number of carbonyl (C=O) groups excluding carboxylic acids is 1. The van der Waals surface area contributed by atoms with Crippen LogP contribution in [0.3, 0.4) is 0 Å². The zero-order valence-corrected chi connectivity index (χ0v) is 11.9. The number of nitrogens with zero attached hydrogens (tertiary/aromatic N) is 1. The first-order valence-corrected chi connectivity index (χ1v) is 6.38. The maximum atomic E-state index is 13.4. The van der Waals surface area contributed by atoms with E-state index in [1.807, 2.05) is 0 Å². The van der Waals surface area contributed by atoms with Crippen molar-refractivity contribution in [2.75, 3.05) is 5.32 Å². The summed E-state index contributed by atoms with van der Waals surface area (Å²) in [6.07, 6.45) is 0. The highest BCUT2D eigenvalue weighted by molar-refractivity contribution is 9.10. The molecule has 0 aliphatic rings. The molecular formula is C13H7BrF2N2O3. The summed E-state index contributed by atoms with van der Waals surface area (Å²) in [5, 5.41) is 12.8. The van der Waals surface area contributed by atoms with Gasteiger partial charge in [-0.05, 0) is 40.2 Å². The Morgan fingerprint density at radius 1 is 1.14 bits per heavy atom. The van der Waals surface area contributed by atoms with E-state index in [0.29, 0.717) is 0 Å². The Morgan fingerprint density at radius 2 is 1.86 bits per heavy atom. The van der Waals surface area contributed by atoms with Gasteiger partial charge in [0.25, 0.3) is 5.91 Å². The van der Waals surface area contributed by atoms with E-state index in [-0.39, 0.29) is 15.7 Å². The van der Waals surface area contributed by atoms with E-state index in [1.54, 1.807) is 0 Å². The van der Waals surface area contributed by atoms with E-state index in [0.717, 1.165) is 18.2 Å². The highest BCUT2D eigenvalue weighted by atomic mass is 79.9. The summed E-state index contributed by atoms with van der Waals surface area (Å²) in [6.45, 7) is 0. The number of amides is 1. The maximum Gasteiger partial charge on any atom is 0.304 e. The predicted octanol–water partition coefficient (Wildman–Crippen LogP) is 3.89. The lowest BCUT2D eigenvalue weighted by Crippen LogP contribution is -2.12. The van der Waals surface area contributed by atoms with Gasteiger partial charge < -0.3 is 5.32 Å². The third-order valence-electron chi connectivity index (χ3n) is 2.58. The Morgan fingerprint density at radius 3 is 2.43 bits per heavy atom. The molecule has 2 aromatic carbocycles. The molecule has 108 valence electrons. The predicted molar refractivity (Wildman–Crippen MR) is 75.1 cm³/mol. The average molecular weight is 357 g/mol.